The minimum atomic E-state index is 0.426. The lowest BCUT2D eigenvalue weighted by Gasteiger charge is -2.15. The van der Waals surface area contributed by atoms with Crippen molar-refractivity contribution in [1.29, 1.82) is 0 Å². The van der Waals surface area contributed by atoms with Crippen LogP contribution in [0, 0.1) is 0 Å². The monoisotopic (exact) mass is 269 g/mol. The molecule has 0 aromatic carbocycles. The molecule has 0 radical (unpaired) electrons. The van der Waals surface area contributed by atoms with Gasteiger partial charge in [0.15, 0.2) is 5.82 Å². The van der Waals surface area contributed by atoms with Crippen molar-refractivity contribution in [3.8, 4) is 0 Å². The van der Waals surface area contributed by atoms with Crippen molar-refractivity contribution >= 4 is 0 Å². The lowest BCUT2D eigenvalue weighted by atomic mass is 10.1. The minimum Gasteiger partial charge on any atom is -0.373 e. The molecule has 0 fully saturated rings. The van der Waals surface area contributed by atoms with Gasteiger partial charge in [-0.3, -0.25) is 0 Å². The Morgan fingerprint density at radius 2 is 2.05 bits per heavy atom. The second-order valence-electron chi connectivity index (χ2n) is 4.80. The van der Waals surface area contributed by atoms with Crippen LogP contribution in [-0.2, 0) is 17.8 Å². The summed E-state index contributed by atoms with van der Waals surface area (Å²) in [6.45, 7) is 8.66. The van der Waals surface area contributed by atoms with Gasteiger partial charge in [-0.25, -0.2) is 0 Å². The van der Waals surface area contributed by atoms with E-state index < -0.39 is 0 Å². The number of nitrogens with zero attached hydrogens (tertiary/aromatic N) is 2. The molecular formula is C14H27N3O2. The zero-order chi connectivity index (χ0) is 13.9. The van der Waals surface area contributed by atoms with Crippen LogP contribution >= 0.6 is 0 Å². The molecule has 0 aliphatic rings. The molecule has 0 saturated carbocycles. The topological polar surface area (TPSA) is 60.2 Å². The van der Waals surface area contributed by atoms with Crippen LogP contribution in [0.25, 0.3) is 0 Å². The molecule has 19 heavy (non-hydrogen) atoms. The van der Waals surface area contributed by atoms with Gasteiger partial charge in [0.05, 0.1) is 0 Å². The highest BCUT2D eigenvalue weighted by Crippen LogP contribution is 2.07. The summed E-state index contributed by atoms with van der Waals surface area (Å²) < 4.78 is 10.7. The van der Waals surface area contributed by atoms with Crippen molar-refractivity contribution in [3.05, 3.63) is 11.7 Å². The van der Waals surface area contributed by atoms with Gasteiger partial charge in [-0.15, -0.1) is 0 Å². The first kappa shape index (κ1) is 16.1. The minimum absolute atomic E-state index is 0.426. The number of rotatable bonds is 11. The molecule has 0 spiro atoms. The molecule has 1 aromatic heterocycles. The van der Waals surface area contributed by atoms with E-state index in [2.05, 4.69) is 36.2 Å². The van der Waals surface area contributed by atoms with E-state index in [-0.39, 0.29) is 0 Å². The van der Waals surface area contributed by atoms with Crippen molar-refractivity contribution in [2.45, 2.75) is 65.5 Å². The van der Waals surface area contributed by atoms with Crippen molar-refractivity contribution < 1.29 is 9.26 Å². The van der Waals surface area contributed by atoms with Gasteiger partial charge in [0, 0.05) is 19.1 Å². The zero-order valence-electron chi connectivity index (χ0n) is 12.4. The maximum Gasteiger partial charge on any atom is 0.228 e. The molecule has 0 aliphatic heterocycles. The van der Waals surface area contributed by atoms with E-state index in [1.165, 1.54) is 0 Å². The Hall–Kier alpha value is -0.940. The van der Waals surface area contributed by atoms with Gasteiger partial charge < -0.3 is 14.6 Å². The zero-order valence-corrected chi connectivity index (χ0v) is 12.4. The first-order chi connectivity index (χ1) is 9.30. The van der Waals surface area contributed by atoms with Crippen LogP contribution in [0.3, 0.4) is 0 Å². The fourth-order valence-electron chi connectivity index (χ4n) is 1.92. The van der Waals surface area contributed by atoms with Crippen LogP contribution in [0.5, 0.6) is 0 Å². The number of ether oxygens (including phenoxy) is 1. The second-order valence-corrected chi connectivity index (χ2v) is 4.80. The third-order valence-electron chi connectivity index (χ3n) is 2.83. The van der Waals surface area contributed by atoms with E-state index in [4.69, 9.17) is 9.26 Å². The van der Waals surface area contributed by atoms with E-state index >= 15 is 0 Å². The van der Waals surface area contributed by atoms with Crippen LogP contribution in [0.2, 0.25) is 0 Å². The number of nitrogens with one attached hydrogen (secondary N) is 1. The summed E-state index contributed by atoms with van der Waals surface area (Å²) in [4.78, 5) is 4.37. The fraction of sp³-hybridized carbons (Fsp3) is 0.857. The van der Waals surface area contributed by atoms with Crippen molar-refractivity contribution in [2.24, 2.45) is 0 Å². The maximum absolute atomic E-state index is 5.40. The van der Waals surface area contributed by atoms with Crippen LogP contribution in [0.4, 0.5) is 0 Å². The molecule has 0 saturated heterocycles. The molecule has 0 amide bonds. The summed E-state index contributed by atoms with van der Waals surface area (Å²) in [5, 5.41) is 7.46. The molecule has 1 unspecified atom stereocenters. The standard InChI is InChI=1S/C14H27N3O2/c1-4-7-12(15-8-5-2)10-14-16-13(17-19-14)11-18-9-6-3/h12,15H,4-11H2,1-3H3. The first-order valence-electron chi connectivity index (χ1n) is 7.42. The van der Waals surface area contributed by atoms with Crippen LogP contribution in [0.15, 0.2) is 4.52 Å². The average Bonchev–Trinajstić information content (AvgIpc) is 2.84. The molecule has 1 atom stereocenters. The summed E-state index contributed by atoms with van der Waals surface area (Å²) >= 11 is 0. The Bertz CT molecular complexity index is 328. The fourth-order valence-corrected chi connectivity index (χ4v) is 1.92. The first-order valence-corrected chi connectivity index (χ1v) is 7.42. The molecule has 1 N–H and O–H groups in total. The van der Waals surface area contributed by atoms with Crippen molar-refractivity contribution in [2.75, 3.05) is 13.2 Å². The molecule has 0 bridgehead atoms. The predicted octanol–water partition coefficient (Wildman–Crippen LogP) is 2.71. The van der Waals surface area contributed by atoms with Crippen LogP contribution in [0.1, 0.15) is 58.2 Å². The summed E-state index contributed by atoms with van der Waals surface area (Å²) in [5.41, 5.74) is 0. The summed E-state index contributed by atoms with van der Waals surface area (Å²) in [7, 11) is 0. The van der Waals surface area contributed by atoms with E-state index in [0.717, 1.165) is 45.3 Å². The molecule has 5 nitrogen and oxygen atoms in total. The largest absolute Gasteiger partial charge is 0.373 e. The highest BCUT2D eigenvalue weighted by atomic mass is 16.5. The lowest BCUT2D eigenvalue weighted by Crippen LogP contribution is -2.31. The third kappa shape index (κ3) is 6.68. The van der Waals surface area contributed by atoms with Gasteiger partial charge in [0.2, 0.25) is 5.89 Å². The van der Waals surface area contributed by atoms with E-state index in [0.29, 0.717) is 24.4 Å². The average molecular weight is 269 g/mol. The van der Waals surface area contributed by atoms with Gasteiger partial charge in [-0.05, 0) is 25.8 Å². The van der Waals surface area contributed by atoms with E-state index in [1.54, 1.807) is 0 Å². The van der Waals surface area contributed by atoms with Gasteiger partial charge in [-0.1, -0.05) is 32.3 Å². The Morgan fingerprint density at radius 1 is 1.21 bits per heavy atom. The van der Waals surface area contributed by atoms with Gasteiger partial charge in [0.1, 0.15) is 6.61 Å². The van der Waals surface area contributed by atoms with E-state index in [1.807, 2.05) is 0 Å². The van der Waals surface area contributed by atoms with Crippen molar-refractivity contribution in [3.63, 3.8) is 0 Å². The SMILES string of the molecule is CCCNC(CCC)Cc1nc(COCCC)no1. The number of aromatic nitrogens is 2. The predicted molar refractivity (Wildman–Crippen MR) is 74.9 cm³/mol. The molecule has 1 aromatic rings. The lowest BCUT2D eigenvalue weighted by molar-refractivity contribution is 0.114. The highest BCUT2D eigenvalue weighted by molar-refractivity contribution is 4.88. The molecule has 110 valence electrons. The van der Waals surface area contributed by atoms with Gasteiger partial charge in [0.25, 0.3) is 0 Å². The number of hydrogen-bond acceptors (Lipinski definition) is 5. The Balaban J connectivity index is 2.40. The molecule has 0 aliphatic carbocycles. The summed E-state index contributed by atoms with van der Waals surface area (Å²) in [5.74, 6) is 1.35. The normalized spacial score (nSPS) is 12.8. The number of hydrogen-bond donors (Lipinski definition) is 1. The molecular weight excluding hydrogens is 242 g/mol. The Morgan fingerprint density at radius 3 is 2.74 bits per heavy atom. The van der Waals surface area contributed by atoms with Crippen LogP contribution < -0.4 is 5.32 Å². The highest BCUT2D eigenvalue weighted by Gasteiger charge is 2.13. The van der Waals surface area contributed by atoms with Gasteiger partial charge in [-0.2, -0.15) is 4.98 Å². The summed E-state index contributed by atoms with van der Waals surface area (Å²) in [6, 6.07) is 0.426. The third-order valence-corrected chi connectivity index (χ3v) is 2.83. The Labute approximate surface area is 116 Å². The molecule has 1 rings (SSSR count). The van der Waals surface area contributed by atoms with Gasteiger partial charge >= 0.3 is 0 Å². The van der Waals surface area contributed by atoms with E-state index in [9.17, 15) is 0 Å². The smallest absolute Gasteiger partial charge is 0.228 e. The maximum atomic E-state index is 5.40. The quantitative estimate of drug-likeness (QED) is 0.626. The Kier molecular flexibility index (Phi) is 8.41. The summed E-state index contributed by atoms with van der Waals surface area (Å²) in [6.07, 6.45) is 5.23. The second kappa shape index (κ2) is 9.92. The van der Waals surface area contributed by atoms with Crippen molar-refractivity contribution in [1.82, 2.24) is 15.5 Å². The molecule has 5 heteroatoms. The molecule has 1 heterocycles. The van der Waals surface area contributed by atoms with Crippen LogP contribution in [-0.4, -0.2) is 29.3 Å².